The Labute approximate surface area is 122 Å². The molecule has 0 spiro atoms. The molecule has 0 aliphatic rings. The number of pyridine rings is 1. The molecule has 110 valence electrons. The number of aromatic carboxylic acids is 1. The Hall–Kier alpha value is -2.41. The highest BCUT2D eigenvalue weighted by molar-refractivity contribution is 7.92. The van der Waals surface area contributed by atoms with Crippen molar-refractivity contribution in [2.45, 2.75) is 18.7 Å². The van der Waals surface area contributed by atoms with E-state index < -0.39 is 16.0 Å². The molecule has 0 aliphatic carbocycles. The fourth-order valence-corrected chi connectivity index (χ4v) is 2.76. The largest absolute Gasteiger partial charge is 0.478 e. The smallest absolute Gasteiger partial charge is 0.335 e. The Morgan fingerprint density at radius 2 is 1.90 bits per heavy atom. The average molecular weight is 306 g/mol. The lowest BCUT2D eigenvalue weighted by atomic mass is 10.1. The minimum absolute atomic E-state index is 0.0465. The van der Waals surface area contributed by atoms with Gasteiger partial charge in [0.1, 0.15) is 5.82 Å². The number of aromatic nitrogens is 1. The third-order valence-corrected chi connectivity index (χ3v) is 4.25. The fraction of sp³-hybridized carbons (Fsp3) is 0.143. The average Bonchev–Trinajstić information content (AvgIpc) is 2.41. The van der Waals surface area contributed by atoms with Gasteiger partial charge in [0.25, 0.3) is 10.0 Å². The van der Waals surface area contributed by atoms with E-state index in [4.69, 9.17) is 5.11 Å². The van der Waals surface area contributed by atoms with Gasteiger partial charge in [-0.2, -0.15) is 0 Å². The molecular weight excluding hydrogens is 292 g/mol. The maximum atomic E-state index is 12.2. The summed E-state index contributed by atoms with van der Waals surface area (Å²) < 4.78 is 26.8. The second kappa shape index (κ2) is 5.53. The highest BCUT2D eigenvalue weighted by Gasteiger charge is 2.18. The van der Waals surface area contributed by atoms with Crippen molar-refractivity contribution in [3.63, 3.8) is 0 Å². The lowest BCUT2D eigenvalue weighted by Crippen LogP contribution is -2.15. The first-order valence-electron chi connectivity index (χ1n) is 6.09. The van der Waals surface area contributed by atoms with Gasteiger partial charge in [0.05, 0.1) is 10.5 Å². The molecule has 1 aromatic carbocycles. The van der Waals surface area contributed by atoms with Crippen LogP contribution in [-0.2, 0) is 10.0 Å². The van der Waals surface area contributed by atoms with Crippen LogP contribution in [0.1, 0.15) is 21.5 Å². The second-order valence-electron chi connectivity index (χ2n) is 4.61. The molecule has 7 heteroatoms. The van der Waals surface area contributed by atoms with E-state index in [1.165, 1.54) is 18.3 Å². The number of hydrogen-bond donors (Lipinski definition) is 2. The number of nitrogens with one attached hydrogen (secondary N) is 1. The van der Waals surface area contributed by atoms with E-state index in [9.17, 15) is 13.2 Å². The molecule has 0 atom stereocenters. The summed E-state index contributed by atoms with van der Waals surface area (Å²) in [5, 5.41) is 9.05. The highest BCUT2D eigenvalue weighted by Crippen LogP contribution is 2.18. The number of nitrogens with zero attached hydrogens (tertiary/aromatic N) is 1. The number of benzene rings is 1. The molecule has 1 aromatic heterocycles. The molecule has 2 N–H and O–H groups in total. The van der Waals surface area contributed by atoms with Gasteiger partial charge in [0.2, 0.25) is 0 Å². The molecule has 1 heterocycles. The molecule has 0 amide bonds. The first kappa shape index (κ1) is 15.0. The van der Waals surface area contributed by atoms with Gasteiger partial charge < -0.3 is 5.11 Å². The van der Waals surface area contributed by atoms with E-state index in [0.717, 1.165) is 11.6 Å². The third-order valence-electron chi connectivity index (χ3n) is 2.90. The minimum atomic E-state index is -3.87. The van der Waals surface area contributed by atoms with Gasteiger partial charge in [-0.05, 0) is 43.2 Å². The monoisotopic (exact) mass is 306 g/mol. The fourth-order valence-electron chi connectivity index (χ4n) is 1.72. The lowest BCUT2D eigenvalue weighted by molar-refractivity contribution is 0.0696. The standard InChI is InChI=1S/C14H14N2O4S/c1-9-3-6-13(15-8-9)16-21(19,20)11-5-4-10(2)12(7-11)14(17)18/h3-8H,1-2H3,(H,15,16)(H,17,18). The number of carboxylic acids is 1. The summed E-state index contributed by atoms with van der Waals surface area (Å²) in [4.78, 5) is 14.9. The van der Waals surface area contributed by atoms with Crippen LogP contribution < -0.4 is 4.72 Å². The zero-order valence-electron chi connectivity index (χ0n) is 11.5. The number of anilines is 1. The number of sulfonamides is 1. The van der Waals surface area contributed by atoms with Crippen molar-refractivity contribution < 1.29 is 18.3 Å². The van der Waals surface area contributed by atoms with Crippen molar-refractivity contribution in [3.8, 4) is 0 Å². The van der Waals surface area contributed by atoms with E-state index in [1.54, 1.807) is 19.1 Å². The highest BCUT2D eigenvalue weighted by atomic mass is 32.2. The lowest BCUT2D eigenvalue weighted by Gasteiger charge is -2.09. The van der Waals surface area contributed by atoms with Gasteiger partial charge in [-0.1, -0.05) is 12.1 Å². The van der Waals surface area contributed by atoms with E-state index in [1.807, 2.05) is 6.92 Å². The molecule has 0 radical (unpaired) electrons. The molecule has 2 rings (SSSR count). The summed E-state index contributed by atoms with van der Waals surface area (Å²) in [6.45, 7) is 3.44. The van der Waals surface area contributed by atoms with Crippen molar-refractivity contribution in [1.82, 2.24) is 4.98 Å². The van der Waals surface area contributed by atoms with Crippen LogP contribution in [0.15, 0.2) is 41.4 Å². The number of carbonyl (C=O) groups is 1. The number of aryl methyl sites for hydroxylation is 2. The van der Waals surface area contributed by atoms with E-state index in [2.05, 4.69) is 9.71 Å². The van der Waals surface area contributed by atoms with Crippen LogP contribution in [0.5, 0.6) is 0 Å². The predicted octanol–water partition coefficient (Wildman–Crippen LogP) is 2.20. The summed E-state index contributed by atoms with van der Waals surface area (Å²) in [6, 6.07) is 7.22. The molecule has 0 saturated carbocycles. The molecule has 0 saturated heterocycles. The number of rotatable bonds is 4. The van der Waals surface area contributed by atoms with Gasteiger partial charge >= 0.3 is 5.97 Å². The van der Waals surface area contributed by atoms with Crippen molar-refractivity contribution in [2.75, 3.05) is 4.72 Å². The molecule has 21 heavy (non-hydrogen) atoms. The maximum absolute atomic E-state index is 12.2. The van der Waals surface area contributed by atoms with Crippen molar-refractivity contribution >= 4 is 21.8 Å². The summed E-state index contributed by atoms with van der Waals surface area (Å²) in [5.41, 5.74) is 1.35. The van der Waals surface area contributed by atoms with Crippen LogP contribution in [0.25, 0.3) is 0 Å². The normalized spacial score (nSPS) is 11.1. The predicted molar refractivity (Wildman–Crippen MR) is 77.9 cm³/mol. The first-order chi connectivity index (χ1) is 9.79. The quantitative estimate of drug-likeness (QED) is 0.902. The van der Waals surface area contributed by atoms with Crippen molar-refractivity contribution in [3.05, 3.63) is 53.2 Å². The molecule has 0 fully saturated rings. The number of hydrogen-bond acceptors (Lipinski definition) is 4. The first-order valence-corrected chi connectivity index (χ1v) is 7.57. The SMILES string of the molecule is Cc1ccc(NS(=O)(=O)c2ccc(C)c(C(=O)O)c2)nc1. The van der Waals surface area contributed by atoms with Gasteiger partial charge in [0, 0.05) is 6.20 Å². The molecule has 6 nitrogen and oxygen atoms in total. The zero-order valence-corrected chi connectivity index (χ0v) is 12.3. The summed E-state index contributed by atoms with van der Waals surface area (Å²) in [6.07, 6.45) is 1.54. The Balaban J connectivity index is 2.38. The summed E-state index contributed by atoms with van der Waals surface area (Å²) in [7, 11) is -3.87. The topological polar surface area (TPSA) is 96.4 Å². The summed E-state index contributed by atoms with van der Waals surface area (Å²) >= 11 is 0. The third kappa shape index (κ3) is 3.38. The van der Waals surface area contributed by atoms with Gasteiger partial charge in [0.15, 0.2) is 0 Å². The van der Waals surface area contributed by atoms with Crippen LogP contribution in [0.3, 0.4) is 0 Å². The van der Waals surface area contributed by atoms with E-state index >= 15 is 0 Å². The minimum Gasteiger partial charge on any atom is -0.478 e. The Morgan fingerprint density at radius 3 is 2.48 bits per heavy atom. The van der Waals surface area contributed by atoms with Crippen LogP contribution in [0.4, 0.5) is 5.82 Å². The molecule has 0 unspecified atom stereocenters. The molecular formula is C14H14N2O4S. The van der Waals surface area contributed by atoms with Crippen molar-refractivity contribution in [1.29, 1.82) is 0 Å². The van der Waals surface area contributed by atoms with Crippen LogP contribution in [0.2, 0.25) is 0 Å². The van der Waals surface area contributed by atoms with Gasteiger partial charge in [-0.25, -0.2) is 18.2 Å². The molecule has 2 aromatic rings. The number of carboxylic acid groups (broad SMARTS) is 1. The Morgan fingerprint density at radius 1 is 1.19 bits per heavy atom. The van der Waals surface area contributed by atoms with E-state index in [0.29, 0.717) is 5.56 Å². The Kier molecular flexibility index (Phi) is 3.95. The molecule has 0 bridgehead atoms. The van der Waals surface area contributed by atoms with Gasteiger partial charge in [-0.15, -0.1) is 0 Å². The Bertz CT molecular complexity index is 783. The van der Waals surface area contributed by atoms with Crippen molar-refractivity contribution in [2.24, 2.45) is 0 Å². The van der Waals surface area contributed by atoms with Gasteiger partial charge in [-0.3, -0.25) is 4.72 Å². The second-order valence-corrected chi connectivity index (χ2v) is 6.29. The van der Waals surface area contributed by atoms with Crippen LogP contribution >= 0.6 is 0 Å². The molecule has 0 aliphatic heterocycles. The maximum Gasteiger partial charge on any atom is 0.335 e. The summed E-state index contributed by atoms with van der Waals surface area (Å²) in [5.74, 6) is -0.990. The van der Waals surface area contributed by atoms with Crippen LogP contribution in [-0.4, -0.2) is 24.5 Å². The zero-order chi connectivity index (χ0) is 15.6. The van der Waals surface area contributed by atoms with Crippen LogP contribution in [0, 0.1) is 13.8 Å². The van der Waals surface area contributed by atoms with E-state index in [-0.39, 0.29) is 16.3 Å².